The Morgan fingerprint density at radius 2 is 2.06 bits per heavy atom. The van der Waals surface area contributed by atoms with Crippen LogP contribution in [-0.2, 0) is 6.54 Å². The van der Waals surface area contributed by atoms with Crippen molar-refractivity contribution in [1.82, 2.24) is 4.98 Å². The predicted molar refractivity (Wildman–Crippen MR) is 64.9 cm³/mol. The van der Waals surface area contributed by atoms with Gasteiger partial charge in [0.1, 0.15) is 0 Å². The van der Waals surface area contributed by atoms with Crippen LogP contribution < -0.4 is 11.1 Å². The standard InChI is InChI=1S/C11H11F2N3S/c1-6-16-7(5-17-6)4-15-11-3-9(13)8(12)2-10(11)14/h2-3,5,15H,4,14H2,1H3. The first-order valence-electron chi connectivity index (χ1n) is 4.95. The minimum Gasteiger partial charge on any atom is -0.397 e. The van der Waals surface area contributed by atoms with E-state index in [1.165, 1.54) is 11.3 Å². The van der Waals surface area contributed by atoms with Gasteiger partial charge in [-0.3, -0.25) is 0 Å². The second-order valence-corrected chi connectivity index (χ2v) is 4.63. The van der Waals surface area contributed by atoms with Crippen LogP contribution in [0.5, 0.6) is 0 Å². The van der Waals surface area contributed by atoms with E-state index in [1.54, 1.807) is 0 Å². The van der Waals surface area contributed by atoms with Crippen LogP contribution in [0.4, 0.5) is 20.2 Å². The lowest BCUT2D eigenvalue weighted by Crippen LogP contribution is -2.04. The number of hydrogen-bond acceptors (Lipinski definition) is 4. The van der Waals surface area contributed by atoms with Gasteiger partial charge in [0.15, 0.2) is 11.6 Å². The Labute approximate surface area is 101 Å². The van der Waals surface area contributed by atoms with Crippen molar-refractivity contribution in [2.24, 2.45) is 0 Å². The summed E-state index contributed by atoms with van der Waals surface area (Å²) in [6.07, 6.45) is 0. The summed E-state index contributed by atoms with van der Waals surface area (Å²) in [5.74, 6) is -1.87. The van der Waals surface area contributed by atoms with Gasteiger partial charge in [0.05, 0.1) is 28.6 Å². The maximum atomic E-state index is 13.0. The molecule has 0 spiro atoms. The zero-order chi connectivity index (χ0) is 12.4. The quantitative estimate of drug-likeness (QED) is 0.829. The van der Waals surface area contributed by atoms with Gasteiger partial charge < -0.3 is 11.1 Å². The van der Waals surface area contributed by atoms with Crippen molar-refractivity contribution in [1.29, 1.82) is 0 Å². The lowest BCUT2D eigenvalue weighted by molar-refractivity contribution is 0.509. The van der Waals surface area contributed by atoms with Crippen LogP contribution in [-0.4, -0.2) is 4.98 Å². The summed E-state index contributed by atoms with van der Waals surface area (Å²) in [6.45, 7) is 2.33. The first-order valence-corrected chi connectivity index (χ1v) is 5.83. The Hall–Kier alpha value is -1.69. The highest BCUT2D eigenvalue weighted by molar-refractivity contribution is 7.09. The van der Waals surface area contributed by atoms with Crippen molar-refractivity contribution in [2.45, 2.75) is 13.5 Å². The summed E-state index contributed by atoms with van der Waals surface area (Å²) < 4.78 is 25.8. The molecule has 1 aromatic carbocycles. The third-order valence-corrected chi connectivity index (χ3v) is 3.04. The number of nitrogens with one attached hydrogen (secondary N) is 1. The van der Waals surface area contributed by atoms with E-state index in [4.69, 9.17) is 5.73 Å². The topological polar surface area (TPSA) is 50.9 Å². The van der Waals surface area contributed by atoms with Crippen LogP contribution >= 0.6 is 11.3 Å². The molecule has 2 rings (SSSR count). The Bertz CT molecular complexity index is 540. The number of aryl methyl sites for hydroxylation is 1. The molecule has 0 atom stereocenters. The second kappa shape index (κ2) is 4.67. The van der Waals surface area contributed by atoms with E-state index in [0.29, 0.717) is 12.2 Å². The molecule has 0 aliphatic rings. The Balaban J connectivity index is 2.11. The summed E-state index contributed by atoms with van der Waals surface area (Å²) in [5.41, 5.74) is 6.96. The first kappa shape index (κ1) is 11.8. The zero-order valence-corrected chi connectivity index (χ0v) is 9.94. The average Bonchev–Trinajstić information content (AvgIpc) is 2.68. The molecule has 90 valence electrons. The zero-order valence-electron chi connectivity index (χ0n) is 9.13. The molecule has 0 aliphatic carbocycles. The van der Waals surface area contributed by atoms with Crippen molar-refractivity contribution in [3.63, 3.8) is 0 Å². The monoisotopic (exact) mass is 255 g/mol. The first-order chi connectivity index (χ1) is 8.06. The average molecular weight is 255 g/mol. The second-order valence-electron chi connectivity index (χ2n) is 3.56. The molecule has 3 nitrogen and oxygen atoms in total. The van der Waals surface area contributed by atoms with Crippen LogP contribution in [0.25, 0.3) is 0 Å². The highest BCUT2D eigenvalue weighted by Crippen LogP contribution is 2.22. The lowest BCUT2D eigenvalue weighted by Gasteiger charge is -2.08. The van der Waals surface area contributed by atoms with Crippen LogP contribution in [0.15, 0.2) is 17.5 Å². The van der Waals surface area contributed by atoms with Gasteiger partial charge in [0.25, 0.3) is 0 Å². The number of halogens is 2. The van der Waals surface area contributed by atoms with E-state index >= 15 is 0 Å². The summed E-state index contributed by atoms with van der Waals surface area (Å²) in [5, 5.41) is 5.78. The van der Waals surface area contributed by atoms with Gasteiger partial charge >= 0.3 is 0 Å². The fraction of sp³-hybridized carbons (Fsp3) is 0.182. The number of nitrogens with zero attached hydrogens (tertiary/aromatic N) is 1. The van der Waals surface area contributed by atoms with Gasteiger partial charge in [-0.05, 0) is 6.92 Å². The minimum absolute atomic E-state index is 0.177. The largest absolute Gasteiger partial charge is 0.397 e. The molecule has 0 radical (unpaired) electrons. The van der Waals surface area contributed by atoms with Gasteiger partial charge in [0.2, 0.25) is 0 Å². The molecule has 0 amide bonds. The fourth-order valence-electron chi connectivity index (χ4n) is 1.39. The van der Waals surface area contributed by atoms with Gasteiger partial charge in [-0.1, -0.05) is 0 Å². The number of aromatic nitrogens is 1. The van der Waals surface area contributed by atoms with E-state index in [9.17, 15) is 8.78 Å². The number of anilines is 2. The van der Waals surface area contributed by atoms with E-state index < -0.39 is 11.6 Å². The summed E-state index contributed by atoms with van der Waals surface area (Å²) >= 11 is 1.53. The van der Waals surface area contributed by atoms with Crippen molar-refractivity contribution in [3.8, 4) is 0 Å². The normalized spacial score (nSPS) is 10.5. The van der Waals surface area contributed by atoms with Crippen molar-refractivity contribution in [3.05, 3.63) is 39.8 Å². The molecule has 0 saturated heterocycles. The van der Waals surface area contributed by atoms with E-state index in [0.717, 1.165) is 22.8 Å². The summed E-state index contributed by atoms with van der Waals surface area (Å²) in [7, 11) is 0. The summed E-state index contributed by atoms with van der Waals surface area (Å²) in [4.78, 5) is 4.24. The molecule has 0 aliphatic heterocycles. The molecule has 0 fully saturated rings. The Morgan fingerprint density at radius 3 is 2.71 bits per heavy atom. The van der Waals surface area contributed by atoms with Crippen molar-refractivity contribution in [2.75, 3.05) is 11.1 Å². The lowest BCUT2D eigenvalue weighted by atomic mass is 10.2. The van der Waals surface area contributed by atoms with Crippen molar-refractivity contribution >= 4 is 22.7 Å². The van der Waals surface area contributed by atoms with Crippen LogP contribution in [0.1, 0.15) is 10.7 Å². The number of nitrogens with two attached hydrogens (primary N) is 1. The van der Waals surface area contributed by atoms with Crippen molar-refractivity contribution < 1.29 is 8.78 Å². The van der Waals surface area contributed by atoms with E-state index in [-0.39, 0.29) is 5.69 Å². The van der Waals surface area contributed by atoms with Gasteiger partial charge in [-0.25, -0.2) is 13.8 Å². The minimum atomic E-state index is -0.947. The molecule has 1 heterocycles. The molecule has 6 heteroatoms. The fourth-order valence-corrected chi connectivity index (χ4v) is 2.00. The third-order valence-electron chi connectivity index (χ3n) is 2.22. The number of rotatable bonds is 3. The van der Waals surface area contributed by atoms with Crippen LogP contribution in [0.2, 0.25) is 0 Å². The molecule has 0 saturated carbocycles. The predicted octanol–water partition coefficient (Wildman–Crippen LogP) is 2.92. The summed E-state index contributed by atoms with van der Waals surface area (Å²) in [6, 6.07) is 2.01. The number of hydrogen-bond donors (Lipinski definition) is 2. The molecule has 17 heavy (non-hydrogen) atoms. The molecular weight excluding hydrogens is 244 g/mol. The van der Waals surface area contributed by atoms with E-state index in [1.807, 2.05) is 12.3 Å². The highest BCUT2D eigenvalue weighted by atomic mass is 32.1. The molecule has 1 aromatic heterocycles. The van der Waals surface area contributed by atoms with Gasteiger partial charge in [-0.15, -0.1) is 11.3 Å². The molecular formula is C11H11F2N3S. The molecule has 0 bridgehead atoms. The number of thiazole rings is 1. The maximum absolute atomic E-state index is 13.0. The van der Waals surface area contributed by atoms with Gasteiger partial charge in [0, 0.05) is 17.5 Å². The molecule has 0 unspecified atom stereocenters. The number of benzene rings is 1. The van der Waals surface area contributed by atoms with E-state index in [2.05, 4.69) is 10.3 Å². The van der Waals surface area contributed by atoms with Gasteiger partial charge in [-0.2, -0.15) is 0 Å². The SMILES string of the molecule is Cc1nc(CNc2cc(F)c(F)cc2N)cs1. The number of nitrogen functional groups attached to an aromatic ring is 1. The maximum Gasteiger partial charge on any atom is 0.161 e. The third kappa shape index (κ3) is 2.71. The Morgan fingerprint density at radius 1 is 1.35 bits per heavy atom. The smallest absolute Gasteiger partial charge is 0.161 e. The van der Waals surface area contributed by atoms with Crippen LogP contribution in [0, 0.1) is 18.6 Å². The molecule has 2 aromatic rings. The molecule has 3 N–H and O–H groups in total. The Kier molecular flexibility index (Phi) is 3.23. The highest BCUT2D eigenvalue weighted by Gasteiger charge is 2.07. The van der Waals surface area contributed by atoms with Crippen LogP contribution in [0.3, 0.4) is 0 Å².